The van der Waals surface area contributed by atoms with Crippen LogP contribution < -0.4 is 4.72 Å². The van der Waals surface area contributed by atoms with Crippen molar-refractivity contribution in [2.45, 2.75) is 18.7 Å². The zero-order chi connectivity index (χ0) is 13.6. The highest BCUT2D eigenvalue weighted by molar-refractivity contribution is 7.99. The quantitative estimate of drug-likeness (QED) is 0.810. The fourth-order valence-corrected chi connectivity index (χ4v) is 3.40. The molecule has 1 aromatic carbocycles. The van der Waals surface area contributed by atoms with E-state index in [-0.39, 0.29) is 10.5 Å². The van der Waals surface area contributed by atoms with Crippen LogP contribution in [0.25, 0.3) is 0 Å². The first-order valence-electron chi connectivity index (χ1n) is 5.60. The van der Waals surface area contributed by atoms with E-state index in [1.54, 1.807) is 30.8 Å². The Kier molecular flexibility index (Phi) is 5.66. The van der Waals surface area contributed by atoms with Gasteiger partial charge >= 0.3 is 0 Å². The van der Waals surface area contributed by atoms with Crippen LogP contribution in [0, 0.1) is 18.3 Å². The maximum Gasteiger partial charge on any atom is 0.241 e. The number of nitrogens with one attached hydrogen (secondary N) is 1. The van der Waals surface area contributed by atoms with Crippen molar-refractivity contribution in [2.75, 3.05) is 18.1 Å². The molecule has 1 rings (SSSR count). The van der Waals surface area contributed by atoms with Crippen molar-refractivity contribution in [3.8, 4) is 6.07 Å². The SMILES string of the molecule is CCSCCNS(=O)(=O)c1cccc(C)c1C#N. The standard InChI is InChI=1S/C12H16N2O2S2/c1-3-17-8-7-14-18(15,16)12-6-4-5-10(2)11(12)9-13/h4-6,14H,3,7-8H2,1-2H3. The lowest BCUT2D eigenvalue weighted by atomic mass is 10.1. The Balaban J connectivity index is 2.93. The van der Waals surface area contributed by atoms with Gasteiger partial charge < -0.3 is 0 Å². The molecule has 0 radical (unpaired) electrons. The van der Waals surface area contributed by atoms with E-state index in [1.165, 1.54) is 6.07 Å². The van der Waals surface area contributed by atoms with Crippen LogP contribution in [-0.2, 0) is 10.0 Å². The van der Waals surface area contributed by atoms with Crippen LogP contribution in [0.3, 0.4) is 0 Å². The third-order valence-corrected chi connectivity index (χ3v) is 4.78. The van der Waals surface area contributed by atoms with Gasteiger partial charge in [-0.05, 0) is 24.3 Å². The second kappa shape index (κ2) is 6.78. The molecule has 0 unspecified atom stereocenters. The van der Waals surface area contributed by atoms with Gasteiger partial charge in [0.2, 0.25) is 10.0 Å². The summed E-state index contributed by atoms with van der Waals surface area (Å²) in [4.78, 5) is 0.0616. The van der Waals surface area contributed by atoms with Crippen LogP contribution in [0.4, 0.5) is 0 Å². The first-order valence-corrected chi connectivity index (χ1v) is 8.24. The van der Waals surface area contributed by atoms with E-state index in [4.69, 9.17) is 5.26 Å². The summed E-state index contributed by atoms with van der Waals surface area (Å²) in [7, 11) is -3.59. The van der Waals surface area contributed by atoms with E-state index in [0.717, 1.165) is 11.5 Å². The van der Waals surface area contributed by atoms with Crippen LogP contribution in [0.1, 0.15) is 18.1 Å². The fourth-order valence-electron chi connectivity index (χ4n) is 1.48. The molecule has 0 spiro atoms. The number of aryl methyl sites for hydroxylation is 1. The Morgan fingerprint density at radius 3 is 2.78 bits per heavy atom. The maximum absolute atomic E-state index is 12.1. The van der Waals surface area contributed by atoms with Crippen molar-refractivity contribution < 1.29 is 8.42 Å². The molecule has 0 aliphatic rings. The van der Waals surface area contributed by atoms with E-state index >= 15 is 0 Å². The van der Waals surface area contributed by atoms with E-state index in [9.17, 15) is 8.42 Å². The van der Waals surface area contributed by atoms with E-state index in [1.807, 2.05) is 13.0 Å². The summed E-state index contributed by atoms with van der Waals surface area (Å²) in [5.41, 5.74) is 0.886. The van der Waals surface area contributed by atoms with Gasteiger partial charge in [-0.2, -0.15) is 17.0 Å². The first-order chi connectivity index (χ1) is 8.53. The molecule has 0 atom stereocenters. The average molecular weight is 284 g/mol. The van der Waals surface area contributed by atoms with Crippen molar-refractivity contribution in [1.29, 1.82) is 5.26 Å². The molecule has 1 N–H and O–H groups in total. The maximum atomic E-state index is 12.1. The van der Waals surface area contributed by atoms with E-state index < -0.39 is 10.0 Å². The number of nitriles is 1. The Bertz CT molecular complexity index is 548. The second-order valence-corrected chi connectivity index (χ2v) is 6.78. The van der Waals surface area contributed by atoms with Gasteiger partial charge in [-0.15, -0.1) is 0 Å². The predicted molar refractivity (Wildman–Crippen MR) is 74.1 cm³/mol. The number of hydrogen-bond donors (Lipinski definition) is 1. The molecule has 6 heteroatoms. The molecule has 0 amide bonds. The molecule has 0 fully saturated rings. The third kappa shape index (κ3) is 3.73. The molecular weight excluding hydrogens is 268 g/mol. The highest BCUT2D eigenvalue weighted by Crippen LogP contribution is 2.18. The van der Waals surface area contributed by atoms with Crippen molar-refractivity contribution in [2.24, 2.45) is 0 Å². The lowest BCUT2D eigenvalue weighted by Gasteiger charge is -2.09. The highest BCUT2D eigenvalue weighted by atomic mass is 32.2. The number of hydrogen-bond acceptors (Lipinski definition) is 4. The summed E-state index contributed by atoms with van der Waals surface area (Å²) in [5.74, 6) is 1.68. The molecule has 0 aliphatic carbocycles. The largest absolute Gasteiger partial charge is 0.241 e. The Morgan fingerprint density at radius 1 is 1.44 bits per heavy atom. The molecule has 0 saturated heterocycles. The van der Waals surface area contributed by atoms with Crippen molar-refractivity contribution >= 4 is 21.8 Å². The number of thioether (sulfide) groups is 1. The molecular formula is C12H16N2O2S2. The minimum Gasteiger partial charge on any atom is -0.210 e. The Labute approximate surface area is 112 Å². The number of sulfonamides is 1. The van der Waals surface area contributed by atoms with Crippen molar-refractivity contribution in [3.05, 3.63) is 29.3 Å². The van der Waals surface area contributed by atoms with Crippen molar-refractivity contribution in [1.82, 2.24) is 4.72 Å². The summed E-state index contributed by atoms with van der Waals surface area (Å²) in [6.45, 7) is 4.12. The van der Waals surface area contributed by atoms with Crippen LogP contribution in [0.5, 0.6) is 0 Å². The molecule has 4 nitrogen and oxygen atoms in total. The minimum atomic E-state index is -3.59. The third-order valence-electron chi connectivity index (χ3n) is 2.38. The summed E-state index contributed by atoms with van der Waals surface area (Å²) in [6.07, 6.45) is 0. The fraction of sp³-hybridized carbons (Fsp3) is 0.417. The molecule has 0 aromatic heterocycles. The van der Waals surface area contributed by atoms with Gasteiger partial charge in [0, 0.05) is 12.3 Å². The smallest absolute Gasteiger partial charge is 0.210 e. The number of nitrogens with zero attached hydrogens (tertiary/aromatic N) is 1. The highest BCUT2D eigenvalue weighted by Gasteiger charge is 2.18. The lowest BCUT2D eigenvalue weighted by Crippen LogP contribution is -2.27. The minimum absolute atomic E-state index is 0.0616. The summed E-state index contributed by atoms with van der Waals surface area (Å²) < 4.78 is 26.6. The monoisotopic (exact) mass is 284 g/mol. The first kappa shape index (κ1) is 15.0. The van der Waals surface area contributed by atoms with Gasteiger partial charge in [0.15, 0.2) is 0 Å². The van der Waals surface area contributed by atoms with Gasteiger partial charge in [-0.3, -0.25) is 0 Å². The number of rotatable bonds is 6. The summed E-state index contributed by atoms with van der Waals surface area (Å²) >= 11 is 1.67. The summed E-state index contributed by atoms with van der Waals surface area (Å²) in [6, 6.07) is 6.78. The molecule has 98 valence electrons. The topological polar surface area (TPSA) is 70.0 Å². The van der Waals surface area contributed by atoms with Gasteiger partial charge in [0.05, 0.1) is 10.5 Å². The van der Waals surface area contributed by atoms with Gasteiger partial charge in [0.25, 0.3) is 0 Å². The van der Waals surface area contributed by atoms with Crippen LogP contribution in [0.15, 0.2) is 23.1 Å². The average Bonchev–Trinajstić information content (AvgIpc) is 2.34. The molecule has 0 aliphatic heterocycles. The second-order valence-electron chi connectivity index (χ2n) is 3.65. The van der Waals surface area contributed by atoms with Gasteiger partial charge in [-0.25, -0.2) is 13.1 Å². The van der Waals surface area contributed by atoms with Crippen molar-refractivity contribution in [3.63, 3.8) is 0 Å². The number of benzene rings is 1. The molecule has 0 bridgehead atoms. The van der Waals surface area contributed by atoms with E-state index in [2.05, 4.69) is 4.72 Å². The van der Waals surface area contributed by atoms with Crippen LogP contribution >= 0.6 is 11.8 Å². The van der Waals surface area contributed by atoms with Gasteiger partial charge in [-0.1, -0.05) is 19.1 Å². The van der Waals surface area contributed by atoms with Crippen LogP contribution in [0.2, 0.25) is 0 Å². The molecule has 0 saturated carbocycles. The normalized spacial score (nSPS) is 11.2. The lowest BCUT2D eigenvalue weighted by molar-refractivity contribution is 0.584. The Morgan fingerprint density at radius 2 is 2.17 bits per heavy atom. The summed E-state index contributed by atoms with van der Waals surface area (Å²) in [5, 5.41) is 9.03. The van der Waals surface area contributed by atoms with Crippen LogP contribution in [-0.4, -0.2) is 26.5 Å². The zero-order valence-corrected chi connectivity index (χ0v) is 12.1. The Hall–Kier alpha value is -1.03. The molecule has 1 aromatic rings. The van der Waals surface area contributed by atoms with Gasteiger partial charge in [0.1, 0.15) is 6.07 Å². The molecule has 0 heterocycles. The van der Waals surface area contributed by atoms with E-state index in [0.29, 0.717) is 12.1 Å². The molecule has 18 heavy (non-hydrogen) atoms. The predicted octanol–water partition coefficient (Wildman–Crippen LogP) is 1.90. The zero-order valence-electron chi connectivity index (χ0n) is 10.4.